The van der Waals surface area contributed by atoms with Crippen LogP contribution < -0.4 is 10.6 Å². The first-order valence-corrected chi connectivity index (χ1v) is 8.25. The summed E-state index contributed by atoms with van der Waals surface area (Å²) in [5.41, 5.74) is 0.463. The minimum atomic E-state index is -1.08. The van der Waals surface area contributed by atoms with Crippen molar-refractivity contribution in [3.63, 3.8) is 0 Å². The molecule has 0 bridgehead atoms. The molecule has 5 nitrogen and oxygen atoms in total. The van der Waals surface area contributed by atoms with Crippen LogP contribution in [-0.2, 0) is 9.59 Å². The van der Waals surface area contributed by atoms with E-state index in [0.717, 1.165) is 5.56 Å². The fraction of sp³-hybridized carbons (Fsp3) is 0.316. The van der Waals surface area contributed by atoms with Crippen molar-refractivity contribution in [2.45, 2.75) is 32.6 Å². The number of rotatable bonds is 5. The normalized spacial score (nSPS) is 14.9. The molecule has 2 N–H and O–H groups in total. The molecule has 1 fully saturated rings. The highest BCUT2D eigenvalue weighted by Gasteiger charge is 2.56. The lowest BCUT2D eigenvalue weighted by Crippen LogP contribution is -2.35. The average molecular weight is 341 g/mol. The summed E-state index contributed by atoms with van der Waals surface area (Å²) in [6.45, 7) is 4.13. The Morgan fingerprint density at radius 2 is 1.68 bits per heavy atom. The number of pyridine rings is 1. The summed E-state index contributed by atoms with van der Waals surface area (Å²) in [6.07, 6.45) is 2.68. The van der Waals surface area contributed by atoms with Crippen LogP contribution in [-0.4, -0.2) is 16.8 Å². The number of benzene rings is 1. The van der Waals surface area contributed by atoms with Gasteiger partial charge in [-0.15, -0.1) is 0 Å². The van der Waals surface area contributed by atoms with Gasteiger partial charge in [-0.1, -0.05) is 19.9 Å². The molecule has 6 heteroatoms. The van der Waals surface area contributed by atoms with E-state index >= 15 is 0 Å². The zero-order valence-corrected chi connectivity index (χ0v) is 14.2. The minimum absolute atomic E-state index is 0.355. The number of halogens is 1. The van der Waals surface area contributed by atoms with E-state index in [9.17, 15) is 14.0 Å². The van der Waals surface area contributed by atoms with Crippen LogP contribution in [0.25, 0.3) is 0 Å². The molecular weight excluding hydrogens is 321 g/mol. The molecule has 1 aliphatic carbocycles. The van der Waals surface area contributed by atoms with E-state index in [1.807, 2.05) is 6.07 Å². The number of hydrogen-bond donors (Lipinski definition) is 2. The monoisotopic (exact) mass is 341 g/mol. The number of carbonyl (C=O) groups is 2. The van der Waals surface area contributed by atoms with Gasteiger partial charge >= 0.3 is 0 Å². The van der Waals surface area contributed by atoms with Crippen molar-refractivity contribution < 1.29 is 14.0 Å². The molecular formula is C19H20FN3O2. The molecule has 0 spiro atoms. The Labute approximate surface area is 145 Å². The fourth-order valence-corrected chi connectivity index (χ4v) is 2.52. The zero-order valence-electron chi connectivity index (χ0n) is 14.2. The van der Waals surface area contributed by atoms with Crippen LogP contribution >= 0.6 is 0 Å². The first-order chi connectivity index (χ1) is 11.9. The molecule has 0 saturated heterocycles. The van der Waals surface area contributed by atoms with E-state index in [1.165, 1.54) is 24.3 Å². The molecule has 1 saturated carbocycles. The van der Waals surface area contributed by atoms with Crippen LogP contribution in [0.4, 0.5) is 15.9 Å². The summed E-state index contributed by atoms with van der Waals surface area (Å²) in [5, 5.41) is 5.39. The topological polar surface area (TPSA) is 71.1 Å². The predicted molar refractivity (Wildman–Crippen MR) is 93.7 cm³/mol. The lowest BCUT2D eigenvalue weighted by Gasteiger charge is -2.15. The lowest BCUT2D eigenvalue weighted by molar-refractivity contribution is -0.131. The van der Waals surface area contributed by atoms with Gasteiger partial charge in [-0.25, -0.2) is 9.37 Å². The van der Waals surface area contributed by atoms with Crippen LogP contribution in [0.2, 0.25) is 0 Å². The molecule has 1 aliphatic rings. The Balaban J connectivity index is 1.66. The smallest absolute Gasteiger partial charge is 0.241 e. The van der Waals surface area contributed by atoms with Crippen LogP contribution in [0.1, 0.15) is 38.2 Å². The second-order valence-electron chi connectivity index (χ2n) is 6.63. The molecule has 130 valence electrons. The van der Waals surface area contributed by atoms with Crippen molar-refractivity contribution in [2.75, 3.05) is 10.6 Å². The summed E-state index contributed by atoms with van der Waals surface area (Å²) in [4.78, 5) is 29.2. The molecule has 0 aliphatic heterocycles. The van der Waals surface area contributed by atoms with Gasteiger partial charge in [-0.3, -0.25) is 9.59 Å². The van der Waals surface area contributed by atoms with Gasteiger partial charge in [0.05, 0.1) is 0 Å². The summed E-state index contributed by atoms with van der Waals surface area (Å²) in [5.74, 6) is -0.344. The summed E-state index contributed by atoms with van der Waals surface area (Å²) in [7, 11) is 0. The molecule has 0 atom stereocenters. The van der Waals surface area contributed by atoms with Gasteiger partial charge in [0, 0.05) is 11.9 Å². The number of carbonyl (C=O) groups excluding carboxylic acids is 2. The van der Waals surface area contributed by atoms with Crippen molar-refractivity contribution in [3.8, 4) is 0 Å². The molecule has 1 aromatic heterocycles. The summed E-state index contributed by atoms with van der Waals surface area (Å²) >= 11 is 0. The highest BCUT2D eigenvalue weighted by atomic mass is 19.1. The quantitative estimate of drug-likeness (QED) is 0.815. The Hall–Kier alpha value is -2.76. The SMILES string of the molecule is CC(C)c1ccc(NC(=O)C2(C(=O)Nc3ccc(F)cc3)CC2)nc1. The number of aromatic nitrogens is 1. The summed E-state index contributed by atoms with van der Waals surface area (Å²) in [6, 6.07) is 9.10. The van der Waals surface area contributed by atoms with E-state index in [-0.39, 0.29) is 17.6 Å². The highest BCUT2D eigenvalue weighted by molar-refractivity contribution is 6.16. The second kappa shape index (κ2) is 6.63. The molecule has 0 unspecified atom stereocenters. The Morgan fingerprint density at radius 1 is 1.04 bits per heavy atom. The maximum Gasteiger partial charge on any atom is 0.241 e. The van der Waals surface area contributed by atoms with E-state index in [0.29, 0.717) is 30.3 Å². The first-order valence-electron chi connectivity index (χ1n) is 8.25. The van der Waals surface area contributed by atoms with E-state index < -0.39 is 5.41 Å². The van der Waals surface area contributed by atoms with Crippen LogP contribution in [0.15, 0.2) is 42.6 Å². The Kier molecular flexibility index (Phi) is 4.53. The number of nitrogens with one attached hydrogen (secondary N) is 2. The maximum atomic E-state index is 12.9. The van der Waals surface area contributed by atoms with E-state index in [2.05, 4.69) is 29.5 Å². The van der Waals surface area contributed by atoms with Gasteiger partial charge in [-0.05, 0) is 54.7 Å². The van der Waals surface area contributed by atoms with Crippen molar-refractivity contribution >= 4 is 23.3 Å². The average Bonchev–Trinajstić information content (AvgIpc) is 3.39. The van der Waals surface area contributed by atoms with Gasteiger partial charge in [0.15, 0.2) is 0 Å². The second-order valence-corrected chi connectivity index (χ2v) is 6.63. The van der Waals surface area contributed by atoms with Crippen molar-refractivity contribution in [1.82, 2.24) is 4.98 Å². The van der Waals surface area contributed by atoms with Gasteiger partial charge in [0.2, 0.25) is 11.8 Å². The number of anilines is 2. The standard InChI is InChI=1S/C19H20FN3O2/c1-12(2)13-3-8-16(21-11-13)23-18(25)19(9-10-19)17(24)22-15-6-4-14(20)5-7-15/h3-8,11-12H,9-10H2,1-2H3,(H,22,24)(H,21,23,25). The van der Waals surface area contributed by atoms with E-state index in [1.54, 1.807) is 12.3 Å². The molecule has 2 amide bonds. The van der Waals surface area contributed by atoms with Crippen LogP contribution in [0.5, 0.6) is 0 Å². The third-order valence-corrected chi connectivity index (χ3v) is 4.42. The third-order valence-electron chi connectivity index (χ3n) is 4.42. The molecule has 2 aromatic rings. The van der Waals surface area contributed by atoms with Crippen molar-refractivity contribution in [2.24, 2.45) is 5.41 Å². The van der Waals surface area contributed by atoms with Crippen molar-refractivity contribution in [3.05, 3.63) is 54.0 Å². The third kappa shape index (κ3) is 3.68. The van der Waals surface area contributed by atoms with E-state index in [4.69, 9.17) is 0 Å². The fourth-order valence-electron chi connectivity index (χ4n) is 2.52. The minimum Gasteiger partial charge on any atom is -0.325 e. The van der Waals surface area contributed by atoms with Gasteiger partial charge in [0.1, 0.15) is 17.1 Å². The number of nitrogens with zero attached hydrogens (tertiary/aromatic N) is 1. The molecule has 1 heterocycles. The van der Waals surface area contributed by atoms with Crippen LogP contribution in [0, 0.1) is 11.2 Å². The first kappa shape index (κ1) is 17.1. The maximum absolute atomic E-state index is 12.9. The van der Waals surface area contributed by atoms with Crippen LogP contribution in [0.3, 0.4) is 0 Å². The number of hydrogen-bond acceptors (Lipinski definition) is 3. The molecule has 3 rings (SSSR count). The van der Waals surface area contributed by atoms with Gasteiger partial charge in [-0.2, -0.15) is 0 Å². The number of amides is 2. The van der Waals surface area contributed by atoms with Crippen molar-refractivity contribution in [1.29, 1.82) is 0 Å². The lowest BCUT2D eigenvalue weighted by atomic mass is 10.0. The predicted octanol–water partition coefficient (Wildman–Crippen LogP) is 3.70. The molecule has 1 aromatic carbocycles. The Morgan fingerprint density at radius 3 is 2.20 bits per heavy atom. The largest absolute Gasteiger partial charge is 0.325 e. The van der Waals surface area contributed by atoms with Gasteiger partial charge < -0.3 is 10.6 Å². The van der Waals surface area contributed by atoms with Gasteiger partial charge in [0.25, 0.3) is 0 Å². The summed E-state index contributed by atoms with van der Waals surface area (Å²) < 4.78 is 12.9. The molecule has 0 radical (unpaired) electrons. The highest BCUT2D eigenvalue weighted by Crippen LogP contribution is 2.47. The zero-order chi connectivity index (χ0) is 18.0. The molecule has 25 heavy (non-hydrogen) atoms. The Bertz CT molecular complexity index is 781.